The molecular weight excluding hydrogens is 204 g/mol. The summed E-state index contributed by atoms with van der Waals surface area (Å²) in [6.07, 6.45) is 2.47. The van der Waals surface area contributed by atoms with Crippen LogP contribution in [-0.2, 0) is 10.0 Å². The van der Waals surface area contributed by atoms with Crippen LogP contribution in [0.15, 0.2) is 17.0 Å². The van der Waals surface area contributed by atoms with Crippen LogP contribution in [0.25, 0.3) is 0 Å². The first kappa shape index (κ1) is 9.34. The average molecular weight is 211 g/mol. The molecule has 1 heterocycles. The number of nitrogens with zero attached hydrogens (tertiary/aromatic N) is 1. The molecule has 1 aromatic rings. The molecule has 0 spiro atoms. The van der Waals surface area contributed by atoms with Gasteiger partial charge in [0.2, 0.25) is 10.0 Å². The van der Waals surface area contributed by atoms with Crippen LogP contribution in [0.4, 0.5) is 5.69 Å². The van der Waals surface area contributed by atoms with Gasteiger partial charge in [0.05, 0.1) is 11.9 Å². The Hall–Kier alpha value is -0.750. The molecule has 0 radical (unpaired) electrons. The molecule has 12 heavy (non-hydrogen) atoms. The molecule has 1 aromatic heterocycles. The molecule has 0 aromatic carbocycles. The Morgan fingerprint density at radius 3 is 2.92 bits per heavy atom. The van der Waals surface area contributed by atoms with Gasteiger partial charge < -0.3 is 4.52 Å². The number of nitrogens with one attached hydrogen (secondary N) is 1. The van der Waals surface area contributed by atoms with Crippen LogP contribution in [-0.4, -0.2) is 25.2 Å². The Labute approximate surface area is 74.7 Å². The van der Waals surface area contributed by atoms with Gasteiger partial charge in [-0.3, -0.25) is 4.72 Å². The van der Waals surface area contributed by atoms with Gasteiger partial charge in [-0.2, -0.15) is 0 Å². The Bertz CT molecular complexity index is 320. The minimum absolute atomic E-state index is 0.0562. The summed E-state index contributed by atoms with van der Waals surface area (Å²) in [6.45, 7) is 0. The lowest BCUT2D eigenvalue weighted by atomic mass is 10.6. The number of aromatic nitrogens is 1. The molecule has 1 N–H and O–H groups in total. The summed E-state index contributed by atoms with van der Waals surface area (Å²) < 4.78 is 28.7. The van der Waals surface area contributed by atoms with E-state index in [0.29, 0.717) is 5.69 Å². The number of sulfonamides is 1. The van der Waals surface area contributed by atoms with Gasteiger partial charge in [-0.15, -0.1) is 11.6 Å². The lowest BCUT2D eigenvalue weighted by Gasteiger charge is -2.01. The van der Waals surface area contributed by atoms with Crippen LogP contribution in [0.1, 0.15) is 0 Å². The second-order valence-electron chi connectivity index (χ2n) is 2.02. The molecule has 0 aliphatic rings. The molecule has 7 heteroatoms. The van der Waals surface area contributed by atoms with Crippen molar-refractivity contribution in [1.29, 1.82) is 0 Å². The Morgan fingerprint density at radius 2 is 2.42 bits per heavy atom. The van der Waals surface area contributed by atoms with E-state index >= 15 is 0 Å². The fraction of sp³-hybridized carbons (Fsp3) is 0.400. The predicted octanol–water partition coefficient (Wildman–Crippen LogP) is 0.655. The molecule has 0 amide bonds. The highest BCUT2D eigenvalue weighted by Gasteiger charge is 2.09. The maximum atomic E-state index is 11.0. The average Bonchev–Trinajstić information content (AvgIpc) is 2.38. The van der Waals surface area contributed by atoms with Crippen LogP contribution in [0, 0.1) is 0 Å². The summed E-state index contributed by atoms with van der Waals surface area (Å²) in [4.78, 5) is 0. The summed E-state index contributed by atoms with van der Waals surface area (Å²) in [5, 5.41) is 3.33. The highest BCUT2D eigenvalue weighted by atomic mass is 35.5. The van der Waals surface area contributed by atoms with Crippen LogP contribution < -0.4 is 4.72 Å². The number of rotatable bonds is 4. The molecule has 1 rings (SSSR count). The Balaban J connectivity index is 2.63. The third-order valence-electron chi connectivity index (χ3n) is 1.05. The molecule has 0 atom stereocenters. The van der Waals surface area contributed by atoms with Gasteiger partial charge in [0.25, 0.3) is 0 Å². The summed E-state index contributed by atoms with van der Waals surface area (Å²) in [6, 6.07) is 0. The van der Waals surface area contributed by atoms with Crippen molar-refractivity contribution in [3.8, 4) is 0 Å². The minimum Gasteiger partial charge on any atom is -0.362 e. The first-order chi connectivity index (χ1) is 5.64. The lowest BCUT2D eigenvalue weighted by molar-refractivity contribution is 0.420. The van der Waals surface area contributed by atoms with Crippen molar-refractivity contribution in [1.82, 2.24) is 5.16 Å². The standard InChI is InChI=1S/C5H7ClN2O3S/c6-1-2-12(9,10)8-5-3-7-11-4-5/h3-4,8H,1-2H2. The van der Waals surface area contributed by atoms with Crippen LogP contribution in [0.3, 0.4) is 0 Å². The van der Waals surface area contributed by atoms with Crippen LogP contribution in [0.5, 0.6) is 0 Å². The van der Waals surface area contributed by atoms with E-state index in [4.69, 9.17) is 11.6 Å². The summed E-state index contributed by atoms with van der Waals surface area (Å²) in [5.41, 5.74) is 0.306. The van der Waals surface area contributed by atoms with Crippen molar-refractivity contribution < 1.29 is 12.9 Å². The van der Waals surface area contributed by atoms with Crippen molar-refractivity contribution in [2.75, 3.05) is 16.4 Å². The van der Waals surface area contributed by atoms with Crippen molar-refractivity contribution in [2.45, 2.75) is 0 Å². The molecule has 5 nitrogen and oxygen atoms in total. The topological polar surface area (TPSA) is 72.2 Å². The van der Waals surface area contributed by atoms with Crippen molar-refractivity contribution in [3.63, 3.8) is 0 Å². The van der Waals surface area contributed by atoms with E-state index in [1.54, 1.807) is 0 Å². The molecule has 0 bridgehead atoms. The highest BCUT2D eigenvalue weighted by molar-refractivity contribution is 7.92. The zero-order chi connectivity index (χ0) is 9.03. The normalized spacial score (nSPS) is 11.4. The monoisotopic (exact) mass is 210 g/mol. The van der Waals surface area contributed by atoms with E-state index < -0.39 is 10.0 Å². The predicted molar refractivity (Wildman–Crippen MR) is 44.6 cm³/mol. The van der Waals surface area contributed by atoms with E-state index in [-0.39, 0.29) is 11.6 Å². The second-order valence-corrected chi connectivity index (χ2v) is 4.24. The second kappa shape index (κ2) is 3.77. The number of hydrogen-bond acceptors (Lipinski definition) is 4. The van der Waals surface area contributed by atoms with E-state index in [1.165, 1.54) is 12.5 Å². The Morgan fingerprint density at radius 1 is 1.67 bits per heavy atom. The van der Waals surface area contributed by atoms with Crippen molar-refractivity contribution >= 4 is 27.3 Å². The van der Waals surface area contributed by atoms with Gasteiger partial charge in [0, 0.05) is 5.88 Å². The van der Waals surface area contributed by atoms with E-state index in [0.717, 1.165) is 0 Å². The fourth-order valence-corrected chi connectivity index (χ4v) is 1.96. The molecule has 0 saturated heterocycles. The van der Waals surface area contributed by atoms with Crippen molar-refractivity contribution in [2.24, 2.45) is 0 Å². The van der Waals surface area contributed by atoms with Gasteiger partial charge in [0.1, 0.15) is 12.0 Å². The third-order valence-corrected chi connectivity index (χ3v) is 2.75. The van der Waals surface area contributed by atoms with Gasteiger partial charge in [-0.25, -0.2) is 8.42 Å². The number of halogens is 1. The third kappa shape index (κ3) is 2.71. The summed E-state index contributed by atoms with van der Waals surface area (Å²) >= 11 is 5.27. The maximum absolute atomic E-state index is 11.0. The molecule has 68 valence electrons. The highest BCUT2D eigenvalue weighted by Crippen LogP contribution is 2.06. The smallest absolute Gasteiger partial charge is 0.234 e. The van der Waals surface area contributed by atoms with Gasteiger partial charge in [-0.05, 0) is 0 Å². The lowest BCUT2D eigenvalue weighted by Crippen LogP contribution is -2.16. The maximum Gasteiger partial charge on any atom is 0.234 e. The van der Waals surface area contributed by atoms with E-state index in [1.807, 2.05) is 0 Å². The Kier molecular flexibility index (Phi) is 2.93. The summed E-state index contributed by atoms with van der Waals surface area (Å²) in [5.74, 6) is -0.0691. The number of anilines is 1. The SMILES string of the molecule is O=S(=O)(CCCl)Nc1cnoc1. The molecule has 0 saturated carbocycles. The fourth-order valence-electron chi connectivity index (χ4n) is 0.587. The van der Waals surface area contributed by atoms with Gasteiger partial charge in [-0.1, -0.05) is 5.16 Å². The van der Waals surface area contributed by atoms with Crippen LogP contribution in [0.2, 0.25) is 0 Å². The van der Waals surface area contributed by atoms with E-state index in [2.05, 4.69) is 14.4 Å². The largest absolute Gasteiger partial charge is 0.362 e. The van der Waals surface area contributed by atoms with Gasteiger partial charge >= 0.3 is 0 Å². The van der Waals surface area contributed by atoms with Gasteiger partial charge in [0.15, 0.2) is 0 Å². The van der Waals surface area contributed by atoms with Crippen molar-refractivity contribution in [3.05, 3.63) is 12.5 Å². The number of alkyl halides is 1. The summed E-state index contributed by atoms with van der Waals surface area (Å²) in [7, 11) is -3.34. The molecule has 0 aliphatic carbocycles. The minimum atomic E-state index is -3.34. The first-order valence-electron chi connectivity index (χ1n) is 3.10. The number of hydrogen-bond donors (Lipinski definition) is 1. The zero-order valence-corrected chi connectivity index (χ0v) is 7.60. The molecular formula is C5H7ClN2O3S. The van der Waals surface area contributed by atoms with Crippen LogP contribution >= 0.6 is 11.6 Å². The van der Waals surface area contributed by atoms with E-state index in [9.17, 15) is 8.42 Å². The molecule has 0 unspecified atom stereocenters. The molecule has 0 fully saturated rings. The first-order valence-corrected chi connectivity index (χ1v) is 5.28. The quantitative estimate of drug-likeness (QED) is 0.741. The zero-order valence-electron chi connectivity index (χ0n) is 6.03. The molecule has 0 aliphatic heterocycles.